The van der Waals surface area contributed by atoms with Gasteiger partial charge in [0.1, 0.15) is 0 Å². The quantitative estimate of drug-likeness (QED) is 0.747. The number of hydrogen-bond donors (Lipinski definition) is 0. The number of carbonyl (C=O) groups excluding carboxylic acids is 1. The second-order valence-corrected chi connectivity index (χ2v) is 5.99. The number of alkyl halides is 6. The zero-order valence-corrected chi connectivity index (χ0v) is 13.4. The van der Waals surface area contributed by atoms with E-state index in [0.29, 0.717) is 31.6 Å². The van der Waals surface area contributed by atoms with Crippen LogP contribution in [0.3, 0.4) is 0 Å². The van der Waals surface area contributed by atoms with E-state index in [4.69, 9.17) is 4.74 Å². The summed E-state index contributed by atoms with van der Waals surface area (Å²) in [5, 5.41) is 0. The van der Waals surface area contributed by atoms with Gasteiger partial charge in [0.05, 0.1) is 11.1 Å². The lowest BCUT2D eigenvalue weighted by Gasteiger charge is -2.32. The molecule has 0 spiro atoms. The van der Waals surface area contributed by atoms with Crippen LogP contribution in [0.1, 0.15) is 34.3 Å². The highest BCUT2D eigenvalue weighted by Crippen LogP contribution is 2.36. The van der Waals surface area contributed by atoms with Crippen LogP contribution in [-0.2, 0) is 17.1 Å². The molecule has 0 aromatic heterocycles. The van der Waals surface area contributed by atoms with Gasteiger partial charge in [0.15, 0.2) is 0 Å². The van der Waals surface area contributed by atoms with Crippen LogP contribution in [-0.4, -0.2) is 37.6 Å². The number of carbonyl (C=O) groups is 1. The van der Waals surface area contributed by atoms with E-state index in [1.165, 1.54) is 4.90 Å². The lowest BCUT2D eigenvalue weighted by molar-refractivity contribution is -0.143. The Labute approximate surface area is 140 Å². The Morgan fingerprint density at radius 1 is 1.04 bits per heavy atom. The Bertz CT molecular complexity index is 586. The van der Waals surface area contributed by atoms with Crippen molar-refractivity contribution in [1.82, 2.24) is 4.90 Å². The molecule has 2 rings (SSSR count). The van der Waals surface area contributed by atoms with E-state index in [1.54, 1.807) is 7.11 Å². The summed E-state index contributed by atoms with van der Waals surface area (Å²) in [4.78, 5) is 13.7. The summed E-state index contributed by atoms with van der Waals surface area (Å²) in [6.07, 6.45) is -8.77. The largest absolute Gasteiger partial charge is 0.416 e. The van der Waals surface area contributed by atoms with Gasteiger partial charge in [-0.15, -0.1) is 0 Å². The van der Waals surface area contributed by atoms with Crippen LogP contribution in [0.4, 0.5) is 26.3 Å². The Hall–Kier alpha value is -1.77. The van der Waals surface area contributed by atoms with Crippen LogP contribution in [0.2, 0.25) is 0 Å². The van der Waals surface area contributed by atoms with Crippen molar-refractivity contribution in [3.8, 4) is 0 Å². The highest BCUT2D eigenvalue weighted by Gasteiger charge is 2.38. The molecule has 1 aliphatic heterocycles. The van der Waals surface area contributed by atoms with Crippen molar-refractivity contribution in [2.24, 2.45) is 5.92 Å². The molecule has 1 aromatic rings. The van der Waals surface area contributed by atoms with Crippen molar-refractivity contribution in [1.29, 1.82) is 0 Å². The molecule has 1 amide bonds. The van der Waals surface area contributed by atoms with Crippen molar-refractivity contribution < 1.29 is 35.9 Å². The maximum Gasteiger partial charge on any atom is 0.416 e. The molecule has 9 heteroatoms. The van der Waals surface area contributed by atoms with Gasteiger partial charge in [0.2, 0.25) is 0 Å². The molecular formula is C16H17F6NO2. The third-order valence-corrected chi connectivity index (χ3v) is 4.14. The minimum Gasteiger partial charge on any atom is -0.384 e. The predicted octanol–water partition coefficient (Wildman–Crippen LogP) is 4.22. The average Bonchev–Trinajstić information content (AvgIpc) is 2.53. The van der Waals surface area contributed by atoms with Crippen LogP contribution in [0, 0.1) is 5.92 Å². The van der Waals surface area contributed by atoms with Gasteiger partial charge >= 0.3 is 12.4 Å². The fourth-order valence-corrected chi connectivity index (χ4v) is 2.80. The minimum absolute atomic E-state index is 0.0155. The van der Waals surface area contributed by atoms with Crippen LogP contribution >= 0.6 is 0 Å². The van der Waals surface area contributed by atoms with Gasteiger partial charge < -0.3 is 9.64 Å². The van der Waals surface area contributed by atoms with Gasteiger partial charge in [-0.2, -0.15) is 26.3 Å². The van der Waals surface area contributed by atoms with Gasteiger partial charge in [-0.1, -0.05) is 0 Å². The third kappa shape index (κ3) is 4.87. The first kappa shape index (κ1) is 19.6. The normalized spacial score (nSPS) is 17.0. The Balaban J connectivity index is 2.27. The predicted molar refractivity (Wildman–Crippen MR) is 76.9 cm³/mol. The lowest BCUT2D eigenvalue weighted by atomic mass is 9.96. The number of methoxy groups -OCH3 is 1. The molecular weight excluding hydrogens is 352 g/mol. The number of amides is 1. The first-order valence-electron chi connectivity index (χ1n) is 7.60. The minimum atomic E-state index is -4.97. The molecule has 1 fully saturated rings. The summed E-state index contributed by atoms with van der Waals surface area (Å²) >= 11 is 0. The molecule has 1 heterocycles. The Morgan fingerprint density at radius 3 is 1.92 bits per heavy atom. The molecule has 0 aliphatic carbocycles. The number of piperidine rings is 1. The van der Waals surface area contributed by atoms with Gasteiger partial charge in [-0.3, -0.25) is 4.79 Å². The smallest absolute Gasteiger partial charge is 0.384 e. The van der Waals surface area contributed by atoms with Crippen LogP contribution in [0.5, 0.6) is 0 Å². The van der Waals surface area contributed by atoms with Crippen LogP contribution in [0.15, 0.2) is 18.2 Å². The highest BCUT2D eigenvalue weighted by atomic mass is 19.4. The number of nitrogens with zero attached hydrogens (tertiary/aromatic N) is 1. The van der Waals surface area contributed by atoms with E-state index >= 15 is 0 Å². The van der Waals surface area contributed by atoms with Gasteiger partial charge in [-0.25, -0.2) is 0 Å². The Kier molecular flexibility index (Phi) is 5.65. The Morgan fingerprint density at radius 2 is 1.52 bits per heavy atom. The summed E-state index contributed by atoms with van der Waals surface area (Å²) in [5.41, 5.74) is -3.58. The van der Waals surface area contributed by atoms with E-state index in [-0.39, 0.29) is 25.1 Å². The number of halogens is 6. The molecule has 3 nitrogen and oxygen atoms in total. The van der Waals surface area contributed by atoms with Crippen molar-refractivity contribution in [2.45, 2.75) is 25.2 Å². The molecule has 1 saturated heterocycles. The molecule has 0 bridgehead atoms. The van der Waals surface area contributed by atoms with E-state index in [1.807, 2.05) is 0 Å². The molecule has 1 aromatic carbocycles. The second-order valence-electron chi connectivity index (χ2n) is 5.99. The molecule has 0 unspecified atom stereocenters. The monoisotopic (exact) mass is 369 g/mol. The fraction of sp³-hybridized carbons (Fsp3) is 0.562. The standard InChI is InChI=1S/C16H17F6NO2/c1-25-9-10-2-4-23(5-3-10)14(24)11-6-12(15(17,18)19)8-13(7-11)16(20,21)22/h6-8,10H,2-5,9H2,1H3. The van der Waals surface area contributed by atoms with E-state index < -0.39 is 35.0 Å². The van der Waals surface area contributed by atoms with Gasteiger partial charge in [0.25, 0.3) is 5.91 Å². The third-order valence-electron chi connectivity index (χ3n) is 4.14. The first-order chi connectivity index (χ1) is 11.5. The topological polar surface area (TPSA) is 29.5 Å². The SMILES string of the molecule is COCC1CCN(C(=O)c2cc(C(F)(F)F)cc(C(F)(F)F)c2)CC1. The first-order valence-corrected chi connectivity index (χ1v) is 7.60. The number of hydrogen-bond acceptors (Lipinski definition) is 2. The van der Waals surface area contributed by atoms with Crippen molar-refractivity contribution in [3.63, 3.8) is 0 Å². The zero-order valence-electron chi connectivity index (χ0n) is 13.4. The second kappa shape index (κ2) is 7.23. The lowest BCUT2D eigenvalue weighted by Crippen LogP contribution is -2.39. The number of ether oxygens (including phenoxy) is 1. The number of benzene rings is 1. The van der Waals surface area contributed by atoms with Crippen molar-refractivity contribution in [2.75, 3.05) is 26.8 Å². The molecule has 0 atom stereocenters. The summed E-state index contributed by atoms with van der Waals surface area (Å²) in [6.45, 7) is 1.04. The molecule has 0 saturated carbocycles. The van der Waals surface area contributed by atoms with E-state index in [2.05, 4.69) is 0 Å². The molecule has 1 aliphatic rings. The molecule has 25 heavy (non-hydrogen) atoms. The van der Waals surface area contributed by atoms with Crippen LogP contribution in [0.25, 0.3) is 0 Å². The summed E-state index contributed by atoms with van der Waals surface area (Å²) in [6, 6.07) is 0.958. The van der Waals surface area contributed by atoms with E-state index in [0.717, 1.165) is 0 Å². The zero-order chi connectivity index (χ0) is 18.8. The van der Waals surface area contributed by atoms with E-state index in [9.17, 15) is 31.1 Å². The molecule has 0 N–H and O–H groups in total. The highest BCUT2D eigenvalue weighted by molar-refractivity contribution is 5.94. The maximum atomic E-state index is 12.9. The summed E-state index contributed by atoms with van der Waals surface area (Å²) in [5.74, 6) is -0.603. The maximum absolute atomic E-state index is 12.9. The fourth-order valence-electron chi connectivity index (χ4n) is 2.80. The average molecular weight is 369 g/mol. The summed E-state index contributed by atoms with van der Waals surface area (Å²) in [7, 11) is 1.54. The van der Waals surface area contributed by atoms with Crippen molar-refractivity contribution >= 4 is 5.91 Å². The molecule has 0 radical (unpaired) electrons. The van der Waals surface area contributed by atoms with Crippen LogP contribution < -0.4 is 0 Å². The van der Waals surface area contributed by atoms with Gasteiger partial charge in [0, 0.05) is 32.4 Å². The van der Waals surface area contributed by atoms with Crippen molar-refractivity contribution in [3.05, 3.63) is 34.9 Å². The molecule has 140 valence electrons. The number of rotatable bonds is 3. The number of likely N-dealkylation sites (tertiary alicyclic amines) is 1. The summed E-state index contributed by atoms with van der Waals surface area (Å²) < 4.78 is 82.2. The van der Waals surface area contributed by atoms with Gasteiger partial charge in [-0.05, 0) is 37.0 Å².